The van der Waals surface area contributed by atoms with Crippen LogP contribution in [0.3, 0.4) is 0 Å². The highest BCUT2D eigenvalue weighted by molar-refractivity contribution is 6.32. The topological polar surface area (TPSA) is 80.1 Å². The van der Waals surface area contributed by atoms with Crippen molar-refractivity contribution >= 4 is 23.4 Å². The minimum Gasteiger partial charge on any atom is -0.356 e. The molecule has 2 heterocycles. The minimum atomic E-state index is -0.264. The van der Waals surface area contributed by atoms with Gasteiger partial charge < -0.3 is 10.2 Å². The van der Waals surface area contributed by atoms with E-state index in [9.17, 15) is 14.0 Å². The van der Waals surface area contributed by atoms with Gasteiger partial charge in [-0.3, -0.25) is 9.59 Å². The molecule has 2 aromatic carbocycles. The number of carbonyl (C=O) groups is 2. The predicted octanol–water partition coefficient (Wildman–Crippen LogP) is 3.58. The summed E-state index contributed by atoms with van der Waals surface area (Å²) in [6.45, 7) is 3.04. The molecular formula is C24H25ClFN5O2. The van der Waals surface area contributed by atoms with Crippen LogP contribution in [0.25, 0.3) is 5.69 Å². The van der Waals surface area contributed by atoms with Crippen LogP contribution < -0.4 is 5.32 Å². The number of aromatic nitrogens is 3. The Hall–Kier alpha value is -3.26. The number of nitrogens with one attached hydrogen (secondary N) is 1. The fourth-order valence-corrected chi connectivity index (χ4v) is 4.20. The van der Waals surface area contributed by atoms with E-state index in [0.717, 1.165) is 0 Å². The molecular weight excluding hydrogens is 445 g/mol. The number of piperidine rings is 1. The average molecular weight is 470 g/mol. The number of nitrogens with zero attached hydrogens (tertiary/aromatic N) is 4. The summed E-state index contributed by atoms with van der Waals surface area (Å²) in [5.41, 5.74) is 1.24. The van der Waals surface area contributed by atoms with Crippen molar-refractivity contribution in [3.63, 3.8) is 0 Å². The third-order valence-electron chi connectivity index (χ3n) is 5.85. The second-order valence-corrected chi connectivity index (χ2v) is 8.45. The minimum absolute atomic E-state index is 0.0598. The van der Waals surface area contributed by atoms with Crippen molar-refractivity contribution in [2.75, 3.05) is 19.6 Å². The molecule has 1 saturated heterocycles. The zero-order chi connectivity index (χ0) is 23.4. The zero-order valence-electron chi connectivity index (χ0n) is 18.3. The fourth-order valence-electron chi connectivity index (χ4n) is 3.98. The largest absolute Gasteiger partial charge is 0.356 e. The predicted molar refractivity (Wildman–Crippen MR) is 123 cm³/mol. The van der Waals surface area contributed by atoms with Crippen LogP contribution in [0.1, 0.15) is 34.8 Å². The van der Waals surface area contributed by atoms with Crippen LogP contribution in [-0.4, -0.2) is 51.1 Å². The van der Waals surface area contributed by atoms with E-state index < -0.39 is 0 Å². The summed E-state index contributed by atoms with van der Waals surface area (Å²) in [5.74, 6) is -0.0852. The number of carbonyl (C=O) groups excluding carboxylic acids is 2. The molecule has 1 aromatic heterocycles. The van der Waals surface area contributed by atoms with Gasteiger partial charge in [-0.15, -0.1) is 5.10 Å². The first kappa shape index (κ1) is 22.9. The van der Waals surface area contributed by atoms with Crippen molar-refractivity contribution in [1.82, 2.24) is 25.0 Å². The molecule has 0 atom stereocenters. The van der Waals surface area contributed by atoms with E-state index in [-0.39, 0.29) is 29.4 Å². The van der Waals surface area contributed by atoms with Crippen LogP contribution in [0, 0.1) is 18.7 Å². The highest BCUT2D eigenvalue weighted by Crippen LogP contribution is 2.22. The molecule has 3 aromatic rings. The molecule has 172 valence electrons. The molecule has 0 spiro atoms. The van der Waals surface area contributed by atoms with Crippen molar-refractivity contribution in [3.05, 3.63) is 76.6 Å². The van der Waals surface area contributed by atoms with Gasteiger partial charge >= 0.3 is 0 Å². The van der Waals surface area contributed by atoms with Crippen LogP contribution in [0.4, 0.5) is 4.39 Å². The first-order valence-electron chi connectivity index (χ1n) is 10.9. The number of rotatable bonds is 6. The Bertz CT molecular complexity index is 1160. The van der Waals surface area contributed by atoms with Gasteiger partial charge in [-0.2, -0.15) is 0 Å². The van der Waals surface area contributed by atoms with Crippen LogP contribution in [0.5, 0.6) is 0 Å². The van der Waals surface area contributed by atoms with Gasteiger partial charge in [-0.25, -0.2) is 14.1 Å². The van der Waals surface area contributed by atoms with Gasteiger partial charge in [0.05, 0.1) is 10.7 Å². The van der Waals surface area contributed by atoms with E-state index in [4.69, 9.17) is 11.6 Å². The molecule has 0 unspecified atom stereocenters. The number of halogens is 2. The van der Waals surface area contributed by atoms with Gasteiger partial charge in [0, 0.05) is 25.6 Å². The van der Waals surface area contributed by atoms with Crippen LogP contribution in [0.15, 0.2) is 48.5 Å². The number of benzene rings is 2. The summed E-state index contributed by atoms with van der Waals surface area (Å²) in [5, 5.41) is 7.77. The van der Waals surface area contributed by atoms with Crippen LogP contribution >= 0.6 is 11.6 Å². The maximum absolute atomic E-state index is 13.7. The van der Waals surface area contributed by atoms with Gasteiger partial charge in [0.25, 0.3) is 5.91 Å². The lowest BCUT2D eigenvalue weighted by atomic mass is 9.95. The lowest BCUT2D eigenvalue weighted by molar-refractivity contribution is -0.126. The Balaban J connectivity index is 1.30. The van der Waals surface area contributed by atoms with Crippen molar-refractivity contribution in [3.8, 4) is 5.69 Å². The third kappa shape index (κ3) is 5.22. The number of hydrogen-bond donors (Lipinski definition) is 1. The van der Waals surface area contributed by atoms with E-state index in [1.807, 2.05) is 18.2 Å². The summed E-state index contributed by atoms with van der Waals surface area (Å²) >= 11 is 6.25. The van der Waals surface area contributed by atoms with Crippen molar-refractivity contribution in [2.24, 2.45) is 5.92 Å². The maximum Gasteiger partial charge on any atom is 0.293 e. The Kier molecular flexibility index (Phi) is 7.03. The molecule has 0 radical (unpaired) electrons. The summed E-state index contributed by atoms with van der Waals surface area (Å²) in [7, 11) is 0. The molecule has 9 heteroatoms. The fraction of sp³-hybridized carbons (Fsp3) is 0.333. The van der Waals surface area contributed by atoms with E-state index in [1.54, 1.807) is 40.8 Å². The quantitative estimate of drug-likeness (QED) is 0.598. The SMILES string of the molecule is Cc1nc(C(=O)N2CCC(C(=O)NCCc3ccccc3F)CC2)nn1-c1ccccc1Cl. The van der Waals surface area contributed by atoms with E-state index in [0.29, 0.717) is 61.0 Å². The second kappa shape index (κ2) is 10.1. The van der Waals surface area contributed by atoms with Crippen LogP contribution in [0.2, 0.25) is 5.02 Å². The highest BCUT2D eigenvalue weighted by atomic mass is 35.5. The molecule has 1 aliphatic rings. The van der Waals surface area contributed by atoms with E-state index in [1.165, 1.54) is 6.07 Å². The number of amides is 2. The van der Waals surface area contributed by atoms with Crippen molar-refractivity contribution in [2.45, 2.75) is 26.2 Å². The molecule has 0 aliphatic carbocycles. The molecule has 0 saturated carbocycles. The van der Waals surface area contributed by atoms with Gasteiger partial charge in [0.15, 0.2) is 0 Å². The average Bonchev–Trinajstić information content (AvgIpc) is 3.21. The molecule has 7 nitrogen and oxygen atoms in total. The number of aryl methyl sites for hydroxylation is 1. The number of hydrogen-bond acceptors (Lipinski definition) is 4. The molecule has 2 amide bonds. The first-order chi connectivity index (χ1) is 15.9. The smallest absolute Gasteiger partial charge is 0.293 e. The molecule has 33 heavy (non-hydrogen) atoms. The van der Waals surface area contributed by atoms with Crippen molar-refractivity contribution in [1.29, 1.82) is 0 Å². The van der Waals surface area contributed by atoms with Crippen molar-refractivity contribution < 1.29 is 14.0 Å². The molecule has 1 aliphatic heterocycles. The van der Waals surface area contributed by atoms with Gasteiger partial charge in [-0.1, -0.05) is 41.9 Å². The number of para-hydroxylation sites is 1. The monoisotopic (exact) mass is 469 g/mol. The molecule has 1 fully saturated rings. The standard InChI is InChI=1S/C24H25ClFN5O2/c1-16-28-22(29-31(16)21-9-5-3-7-19(21)25)24(33)30-14-11-18(12-15-30)23(32)27-13-10-17-6-2-4-8-20(17)26/h2-9,18H,10-15H2,1H3,(H,27,32). The van der Waals surface area contributed by atoms with Gasteiger partial charge in [0.2, 0.25) is 11.7 Å². The Morgan fingerprint density at radius 1 is 1.12 bits per heavy atom. The number of likely N-dealkylation sites (tertiary alicyclic amines) is 1. The van der Waals surface area contributed by atoms with Gasteiger partial charge in [-0.05, 0) is 49.9 Å². The zero-order valence-corrected chi connectivity index (χ0v) is 19.1. The summed E-state index contributed by atoms with van der Waals surface area (Å²) in [6.07, 6.45) is 1.55. The Morgan fingerprint density at radius 2 is 1.82 bits per heavy atom. The van der Waals surface area contributed by atoms with Gasteiger partial charge in [0.1, 0.15) is 11.6 Å². The third-order valence-corrected chi connectivity index (χ3v) is 6.16. The Labute approximate surface area is 196 Å². The lowest BCUT2D eigenvalue weighted by Gasteiger charge is -2.30. The summed E-state index contributed by atoms with van der Waals surface area (Å²) in [6, 6.07) is 13.8. The maximum atomic E-state index is 13.7. The molecule has 1 N–H and O–H groups in total. The van der Waals surface area contributed by atoms with Crippen LogP contribution in [-0.2, 0) is 11.2 Å². The van der Waals surface area contributed by atoms with E-state index in [2.05, 4.69) is 15.4 Å². The summed E-state index contributed by atoms with van der Waals surface area (Å²) < 4.78 is 15.3. The lowest BCUT2D eigenvalue weighted by Crippen LogP contribution is -2.43. The van der Waals surface area contributed by atoms with E-state index >= 15 is 0 Å². The molecule has 4 rings (SSSR count). The normalized spacial score (nSPS) is 14.3. The Morgan fingerprint density at radius 3 is 2.55 bits per heavy atom. The summed E-state index contributed by atoms with van der Waals surface area (Å²) in [4.78, 5) is 31.4. The second-order valence-electron chi connectivity index (χ2n) is 8.04. The first-order valence-corrected chi connectivity index (χ1v) is 11.3. The molecule has 0 bridgehead atoms. The highest BCUT2D eigenvalue weighted by Gasteiger charge is 2.29.